The van der Waals surface area contributed by atoms with Crippen LogP contribution >= 0.6 is 0 Å². The molecular formula is C19H25NO. The van der Waals surface area contributed by atoms with Crippen LogP contribution in [-0.2, 0) is 0 Å². The summed E-state index contributed by atoms with van der Waals surface area (Å²) in [5, 5.41) is 13.1. The molecule has 21 heavy (non-hydrogen) atoms. The first-order valence-electron chi connectivity index (χ1n) is 7.63. The fraction of sp³-hybridized carbons (Fsp3) is 0.368. The quantitative estimate of drug-likeness (QED) is 0.833. The van der Waals surface area contributed by atoms with Crippen LogP contribution in [0.3, 0.4) is 0 Å². The molecule has 2 aromatic carbocycles. The van der Waals surface area contributed by atoms with Crippen molar-refractivity contribution in [3.63, 3.8) is 0 Å². The number of hydrogen-bond acceptors (Lipinski definition) is 2. The Labute approximate surface area is 127 Å². The van der Waals surface area contributed by atoms with E-state index in [-0.39, 0.29) is 18.7 Å². The van der Waals surface area contributed by atoms with E-state index < -0.39 is 0 Å². The minimum Gasteiger partial charge on any atom is -0.394 e. The molecule has 0 heterocycles. The van der Waals surface area contributed by atoms with E-state index in [2.05, 4.69) is 50.4 Å². The Kier molecular flexibility index (Phi) is 5.54. The maximum atomic E-state index is 9.63. The fourth-order valence-electron chi connectivity index (χ4n) is 2.51. The van der Waals surface area contributed by atoms with E-state index in [1.165, 1.54) is 11.1 Å². The van der Waals surface area contributed by atoms with Gasteiger partial charge in [-0.3, -0.25) is 0 Å². The molecule has 2 N–H and O–H groups in total. The monoisotopic (exact) mass is 283 g/mol. The average molecular weight is 283 g/mol. The lowest BCUT2D eigenvalue weighted by Gasteiger charge is -2.23. The molecule has 0 saturated carbocycles. The predicted molar refractivity (Wildman–Crippen MR) is 88.4 cm³/mol. The zero-order chi connectivity index (χ0) is 15.2. The summed E-state index contributed by atoms with van der Waals surface area (Å²) in [6.07, 6.45) is 0. The molecule has 0 radical (unpaired) electrons. The number of benzene rings is 2. The molecule has 0 amide bonds. The highest BCUT2D eigenvalue weighted by molar-refractivity contribution is 5.27. The van der Waals surface area contributed by atoms with Crippen molar-refractivity contribution in [3.05, 3.63) is 71.3 Å². The molecule has 2 heteroatoms. The molecular weight excluding hydrogens is 258 g/mol. The van der Waals surface area contributed by atoms with Gasteiger partial charge in [0.15, 0.2) is 0 Å². The molecule has 2 rings (SSSR count). The van der Waals surface area contributed by atoms with Crippen LogP contribution in [0.1, 0.15) is 55.5 Å². The van der Waals surface area contributed by atoms with Crippen molar-refractivity contribution in [3.8, 4) is 0 Å². The van der Waals surface area contributed by atoms with E-state index in [0.717, 1.165) is 5.56 Å². The van der Waals surface area contributed by atoms with Crippen molar-refractivity contribution in [2.24, 2.45) is 0 Å². The van der Waals surface area contributed by atoms with Crippen LogP contribution in [0.2, 0.25) is 0 Å². The van der Waals surface area contributed by atoms with E-state index in [1.54, 1.807) is 0 Å². The summed E-state index contributed by atoms with van der Waals surface area (Å²) in [5.74, 6) is 0.553. The van der Waals surface area contributed by atoms with Crippen LogP contribution < -0.4 is 5.32 Å². The van der Waals surface area contributed by atoms with Gasteiger partial charge in [0.05, 0.1) is 12.6 Å². The van der Waals surface area contributed by atoms with Crippen molar-refractivity contribution in [1.82, 2.24) is 5.32 Å². The molecule has 112 valence electrons. The summed E-state index contributed by atoms with van der Waals surface area (Å²) in [4.78, 5) is 0. The zero-order valence-electron chi connectivity index (χ0n) is 13.1. The minimum atomic E-state index is -0.0361. The van der Waals surface area contributed by atoms with Crippen LogP contribution in [0, 0.1) is 0 Å². The first-order valence-corrected chi connectivity index (χ1v) is 7.63. The third-order valence-corrected chi connectivity index (χ3v) is 3.94. The van der Waals surface area contributed by atoms with E-state index in [9.17, 15) is 5.11 Å². The third kappa shape index (κ3) is 4.16. The molecule has 0 spiro atoms. The highest BCUT2D eigenvalue weighted by Gasteiger charge is 2.14. The second-order valence-corrected chi connectivity index (χ2v) is 5.86. The number of aliphatic hydroxyl groups excluding tert-OH is 1. The van der Waals surface area contributed by atoms with Crippen molar-refractivity contribution in [2.45, 2.75) is 38.8 Å². The average Bonchev–Trinajstić information content (AvgIpc) is 2.53. The van der Waals surface area contributed by atoms with Gasteiger partial charge in [0.25, 0.3) is 0 Å². The van der Waals surface area contributed by atoms with Gasteiger partial charge < -0.3 is 10.4 Å². The Morgan fingerprint density at radius 2 is 1.38 bits per heavy atom. The molecule has 0 aliphatic carbocycles. The summed E-state index contributed by atoms with van der Waals surface area (Å²) in [6.45, 7) is 6.64. The van der Waals surface area contributed by atoms with Gasteiger partial charge in [0.1, 0.15) is 0 Å². The number of hydrogen-bond donors (Lipinski definition) is 2. The van der Waals surface area contributed by atoms with E-state index in [0.29, 0.717) is 5.92 Å². The van der Waals surface area contributed by atoms with Crippen molar-refractivity contribution in [1.29, 1.82) is 0 Å². The number of nitrogens with one attached hydrogen (secondary N) is 1. The summed E-state index contributed by atoms with van der Waals surface area (Å²) >= 11 is 0. The Hall–Kier alpha value is -1.64. The molecule has 0 bridgehead atoms. The molecule has 2 atom stereocenters. The highest BCUT2D eigenvalue weighted by Crippen LogP contribution is 2.21. The maximum Gasteiger partial charge on any atom is 0.0626 e. The lowest BCUT2D eigenvalue weighted by molar-refractivity contribution is 0.235. The molecule has 1 unspecified atom stereocenters. The number of aliphatic hydroxyl groups is 1. The van der Waals surface area contributed by atoms with Crippen LogP contribution in [0.15, 0.2) is 54.6 Å². The molecule has 0 saturated heterocycles. The Bertz CT molecular complexity index is 533. The SMILES string of the molecule is CC(C)c1ccc(C(C)N[C@@H](CO)c2ccccc2)cc1. The van der Waals surface area contributed by atoms with Crippen LogP contribution in [0.4, 0.5) is 0 Å². The largest absolute Gasteiger partial charge is 0.394 e. The second kappa shape index (κ2) is 7.39. The van der Waals surface area contributed by atoms with Gasteiger partial charge in [0, 0.05) is 6.04 Å². The zero-order valence-corrected chi connectivity index (χ0v) is 13.1. The maximum absolute atomic E-state index is 9.63. The molecule has 2 nitrogen and oxygen atoms in total. The van der Waals surface area contributed by atoms with Gasteiger partial charge in [-0.15, -0.1) is 0 Å². The van der Waals surface area contributed by atoms with E-state index in [4.69, 9.17) is 0 Å². The van der Waals surface area contributed by atoms with Gasteiger partial charge >= 0.3 is 0 Å². The van der Waals surface area contributed by atoms with Gasteiger partial charge in [-0.1, -0.05) is 68.4 Å². The predicted octanol–water partition coefficient (Wildman–Crippen LogP) is 4.19. The van der Waals surface area contributed by atoms with Crippen molar-refractivity contribution >= 4 is 0 Å². The van der Waals surface area contributed by atoms with E-state index in [1.807, 2.05) is 30.3 Å². The fourth-order valence-corrected chi connectivity index (χ4v) is 2.51. The van der Waals surface area contributed by atoms with Crippen LogP contribution in [0.5, 0.6) is 0 Å². The summed E-state index contributed by atoms with van der Waals surface area (Å²) < 4.78 is 0. The lowest BCUT2D eigenvalue weighted by Crippen LogP contribution is -2.27. The van der Waals surface area contributed by atoms with E-state index >= 15 is 0 Å². The summed E-state index contributed by atoms with van der Waals surface area (Å²) in [7, 11) is 0. The van der Waals surface area contributed by atoms with Crippen molar-refractivity contribution < 1.29 is 5.11 Å². The van der Waals surface area contributed by atoms with Gasteiger partial charge in [-0.2, -0.15) is 0 Å². The van der Waals surface area contributed by atoms with Gasteiger partial charge in [-0.25, -0.2) is 0 Å². The Morgan fingerprint density at radius 3 is 1.90 bits per heavy atom. The molecule has 0 aromatic heterocycles. The Balaban J connectivity index is 2.07. The smallest absolute Gasteiger partial charge is 0.0626 e. The standard InChI is InChI=1S/C19H25NO/c1-14(2)16-9-11-17(12-10-16)15(3)20-19(13-21)18-7-5-4-6-8-18/h4-12,14-15,19-21H,13H2,1-3H3/t15?,19-/m0/s1. The molecule has 0 fully saturated rings. The first-order chi connectivity index (χ1) is 10.1. The van der Waals surface area contributed by atoms with Gasteiger partial charge in [0.2, 0.25) is 0 Å². The second-order valence-electron chi connectivity index (χ2n) is 5.86. The topological polar surface area (TPSA) is 32.3 Å². The third-order valence-electron chi connectivity index (χ3n) is 3.94. The van der Waals surface area contributed by atoms with Crippen molar-refractivity contribution in [2.75, 3.05) is 6.61 Å². The Morgan fingerprint density at radius 1 is 0.810 bits per heavy atom. The highest BCUT2D eigenvalue weighted by atomic mass is 16.3. The van der Waals surface area contributed by atoms with Crippen LogP contribution in [0.25, 0.3) is 0 Å². The number of rotatable bonds is 6. The van der Waals surface area contributed by atoms with Gasteiger partial charge in [-0.05, 0) is 29.5 Å². The first kappa shape index (κ1) is 15.7. The molecule has 0 aliphatic heterocycles. The summed E-state index contributed by atoms with van der Waals surface area (Å²) in [5.41, 5.74) is 3.71. The normalized spacial score (nSPS) is 14.1. The minimum absolute atomic E-state index is 0.0361. The summed E-state index contributed by atoms with van der Waals surface area (Å²) in [6, 6.07) is 19.0. The molecule has 0 aliphatic rings. The van der Waals surface area contributed by atoms with Crippen LogP contribution in [-0.4, -0.2) is 11.7 Å². The lowest BCUT2D eigenvalue weighted by atomic mass is 9.98. The molecule has 2 aromatic rings.